The van der Waals surface area contributed by atoms with Crippen LogP contribution in [-0.2, 0) is 0 Å². The van der Waals surface area contributed by atoms with E-state index in [1.54, 1.807) is 18.2 Å². The van der Waals surface area contributed by atoms with Gasteiger partial charge in [-0.25, -0.2) is 14.4 Å². The van der Waals surface area contributed by atoms with Gasteiger partial charge in [-0.15, -0.1) is 0 Å². The second-order valence-corrected chi connectivity index (χ2v) is 3.15. The molecule has 82 valence electrons. The molecular formula is C11H10FN3O. The maximum atomic E-state index is 13.9. The summed E-state index contributed by atoms with van der Waals surface area (Å²) in [6.07, 6.45) is 1.30. The van der Waals surface area contributed by atoms with Gasteiger partial charge in [0.25, 0.3) is 0 Å². The molecule has 1 aromatic carbocycles. The Kier molecular flexibility index (Phi) is 2.68. The number of benzene rings is 1. The van der Waals surface area contributed by atoms with E-state index in [0.717, 1.165) is 0 Å². The second-order valence-electron chi connectivity index (χ2n) is 3.15. The Bertz CT molecular complexity index is 516. The normalized spacial score (nSPS) is 10.1. The zero-order valence-corrected chi connectivity index (χ0v) is 8.64. The van der Waals surface area contributed by atoms with Crippen LogP contribution >= 0.6 is 0 Å². The average molecular weight is 219 g/mol. The van der Waals surface area contributed by atoms with Crippen molar-refractivity contribution in [2.24, 2.45) is 0 Å². The predicted molar refractivity (Wildman–Crippen MR) is 58.4 cm³/mol. The van der Waals surface area contributed by atoms with Crippen LogP contribution in [0.15, 0.2) is 30.6 Å². The predicted octanol–water partition coefficient (Wildman–Crippen LogP) is 1.87. The minimum Gasteiger partial charge on any atom is -0.494 e. The van der Waals surface area contributed by atoms with Crippen LogP contribution in [0.25, 0.3) is 11.3 Å². The fourth-order valence-corrected chi connectivity index (χ4v) is 1.39. The van der Waals surface area contributed by atoms with Gasteiger partial charge in [0.05, 0.1) is 12.8 Å². The summed E-state index contributed by atoms with van der Waals surface area (Å²) in [6.45, 7) is 0. The van der Waals surface area contributed by atoms with Crippen molar-refractivity contribution in [2.75, 3.05) is 12.8 Å². The van der Waals surface area contributed by atoms with Gasteiger partial charge in [-0.1, -0.05) is 6.07 Å². The van der Waals surface area contributed by atoms with Gasteiger partial charge in [0.2, 0.25) is 0 Å². The highest BCUT2D eigenvalue weighted by atomic mass is 19.1. The quantitative estimate of drug-likeness (QED) is 0.837. The summed E-state index contributed by atoms with van der Waals surface area (Å²) >= 11 is 0. The Morgan fingerprint density at radius 3 is 2.81 bits per heavy atom. The molecular weight excluding hydrogens is 209 g/mol. The number of nitrogens with zero attached hydrogens (tertiary/aromatic N) is 2. The standard InChI is InChI=1S/C11H10FN3O/c1-16-9-4-2-3-7(11(9)12)8-5-10(13)15-6-14-8/h2-6H,1H3,(H2,13,14,15). The molecule has 0 aliphatic carbocycles. The van der Waals surface area contributed by atoms with Crippen molar-refractivity contribution in [3.05, 3.63) is 36.4 Å². The third kappa shape index (κ3) is 1.79. The van der Waals surface area contributed by atoms with Crippen molar-refractivity contribution in [3.63, 3.8) is 0 Å². The van der Waals surface area contributed by atoms with Gasteiger partial charge in [-0.2, -0.15) is 0 Å². The van der Waals surface area contributed by atoms with Crippen LogP contribution in [0.1, 0.15) is 0 Å². The van der Waals surface area contributed by atoms with E-state index in [1.165, 1.54) is 19.5 Å². The van der Waals surface area contributed by atoms with Gasteiger partial charge in [-0.3, -0.25) is 0 Å². The van der Waals surface area contributed by atoms with Crippen molar-refractivity contribution in [1.82, 2.24) is 9.97 Å². The molecule has 2 aromatic rings. The van der Waals surface area contributed by atoms with Crippen molar-refractivity contribution in [3.8, 4) is 17.0 Å². The first-order valence-electron chi connectivity index (χ1n) is 4.63. The zero-order valence-electron chi connectivity index (χ0n) is 8.64. The highest BCUT2D eigenvalue weighted by Crippen LogP contribution is 2.27. The molecule has 0 bridgehead atoms. The van der Waals surface area contributed by atoms with Crippen LogP contribution in [0.4, 0.5) is 10.2 Å². The molecule has 2 N–H and O–H groups in total. The topological polar surface area (TPSA) is 61.0 Å². The summed E-state index contributed by atoms with van der Waals surface area (Å²) in [6, 6.07) is 6.36. The summed E-state index contributed by atoms with van der Waals surface area (Å²) in [4.78, 5) is 7.71. The van der Waals surface area contributed by atoms with E-state index in [2.05, 4.69) is 9.97 Å². The zero-order chi connectivity index (χ0) is 11.5. The van der Waals surface area contributed by atoms with Crippen molar-refractivity contribution >= 4 is 5.82 Å². The van der Waals surface area contributed by atoms with Crippen molar-refractivity contribution < 1.29 is 9.13 Å². The van der Waals surface area contributed by atoms with E-state index in [-0.39, 0.29) is 5.75 Å². The molecule has 1 aromatic heterocycles. The number of nitrogen functional groups attached to an aromatic ring is 1. The molecule has 0 amide bonds. The van der Waals surface area contributed by atoms with Crippen LogP contribution in [0.2, 0.25) is 0 Å². The molecule has 0 aliphatic rings. The number of halogens is 1. The number of methoxy groups -OCH3 is 1. The number of hydrogen-bond donors (Lipinski definition) is 1. The highest BCUT2D eigenvalue weighted by Gasteiger charge is 2.11. The lowest BCUT2D eigenvalue weighted by Gasteiger charge is -2.06. The Hall–Kier alpha value is -2.17. The van der Waals surface area contributed by atoms with Gasteiger partial charge in [0.15, 0.2) is 11.6 Å². The van der Waals surface area contributed by atoms with Gasteiger partial charge in [0.1, 0.15) is 12.1 Å². The van der Waals surface area contributed by atoms with E-state index >= 15 is 0 Å². The summed E-state index contributed by atoms with van der Waals surface area (Å²) in [5.41, 5.74) is 6.29. The van der Waals surface area contributed by atoms with Crippen molar-refractivity contribution in [1.29, 1.82) is 0 Å². The van der Waals surface area contributed by atoms with Gasteiger partial charge in [0, 0.05) is 11.6 Å². The second kappa shape index (κ2) is 4.14. The van der Waals surface area contributed by atoms with Crippen LogP contribution in [-0.4, -0.2) is 17.1 Å². The summed E-state index contributed by atoms with van der Waals surface area (Å²) in [5, 5.41) is 0. The number of hydrogen-bond acceptors (Lipinski definition) is 4. The fraction of sp³-hybridized carbons (Fsp3) is 0.0909. The van der Waals surface area contributed by atoms with Gasteiger partial charge < -0.3 is 10.5 Å². The lowest BCUT2D eigenvalue weighted by atomic mass is 10.1. The Morgan fingerprint density at radius 2 is 2.12 bits per heavy atom. The molecule has 1 heterocycles. The molecule has 0 aliphatic heterocycles. The maximum Gasteiger partial charge on any atom is 0.174 e. The number of ether oxygens (including phenoxy) is 1. The first kappa shape index (κ1) is 10.4. The summed E-state index contributed by atoms with van der Waals surface area (Å²) in [5.74, 6) is 0.0185. The molecule has 0 saturated heterocycles. The van der Waals surface area contributed by atoms with Gasteiger partial charge >= 0.3 is 0 Å². The van der Waals surface area contributed by atoms with Gasteiger partial charge in [-0.05, 0) is 12.1 Å². The highest BCUT2D eigenvalue weighted by molar-refractivity contribution is 5.64. The molecule has 2 rings (SSSR count). The Morgan fingerprint density at radius 1 is 1.31 bits per heavy atom. The average Bonchev–Trinajstić information content (AvgIpc) is 2.29. The molecule has 0 radical (unpaired) electrons. The lowest BCUT2D eigenvalue weighted by Crippen LogP contribution is -1.96. The van der Waals surface area contributed by atoms with E-state index < -0.39 is 5.82 Å². The van der Waals surface area contributed by atoms with E-state index in [4.69, 9.17) is 10.5 Å². The summed E-state index contributed by atoms with van der Waals surface area (Å²) < 4.78 is 18.8. The lowest BCUT2D eigenvalue weighted by molar-refractivity contribution is 0.387. The SMILES string of the molecule is COc1cccc(-c2cc(N)ncn2)c1F. The number of rotatable bonds is 2. The van der Waals surface area contributed by atoms with Crippen molar-refractivity contribution in [2.45, 2.75) is 0 Å². The minimum atomic E-state index is -0.455. The molecule has 0 atom stereocenters. The Balaban J connectivity index is 2.56. The van der Waals surface area contributed by atoms with E-state index in [0.29, 0.717) is 17.1 Å². The van der Waals surface area contributed by atoms with Crippen LogP contribution in [0.5, 0.6) is 5.75 Å². The molecule has 16 heavy (non-hydrogen) atoms. The minimum absolute atomic E-state index is 0.176. The monoisotopic (exact) mass is 219 g/mol. The largest absolute Gasteiger partial charge is 0.494 e. The molecule has 4 nitrogen and oxygen atoms in total. The van der Waals surface area contributed by atoms with Crippen LogP contribution < -0.4 is 10.5 Å². The van der Waals surface area contributed by atoms with Crippen LogP contribution in [0, 0.1) is 5.82 Å². The molecule has 0 fully saturated rings. The molecule has 5 heteroatoms. The molecule has 0 spiro atoms. The molecule has 0 saturated carbocycles. The smallest absolute Gasteiger partial charge is 0.174 e. The molecule has 0 unspecified atom stereocenters. The van der Waals surface area contributed by atoms with E-state index in [9.17, 15) is 4.39 Å². The van der Waals surface area contributed by atoms with E-state index in [1.807, 2.05) is 0 Å². The number of nitrogens with two attached hydrogens (primary N) is 1. The first-order chi connectivity index (χ1) is 7.72. The Labute approximate surface area is 91.9 Å². The maximum absolute atomic E-state index is 13.9. The number of aromatic nitrogens is 2. The van der Waals surface area contributed by atoms with Crippen LogP contribution in [0.3, 0.4) is 0 Å². The fourth-order valence-electron chi connectivity index (χ4n) is 1.39. The first-order valence-corrected chi connectivity index (χ1v) is 4.63. The third-order valence-electron chi connectivity index (χ3n) is 2.15. The number of anilines is 1. The third-order valence-corrected chi connectivity index (χ3v) is 2.15. The summed E-state index contributed by atoms with van der Waals surface area (Å²) in [7, 11) is 1.41.